The van der Waals surface area contributed by atoms with E-state index in [0.717, 1.165) is 11.1 Å². The Labute approximate surface area is 113 Å². The fraction of sp³-hybridized carbons (Fsp3) is 0.312. The molecule has 2 aromatic rings. The number of pyridine rings is 1. The second-order valence-corrected chi connectivity index (χ2v) is 4.87. The molecule has 1 N–H and O–H groups in total. The fourth-order valence-corrected chi connectivity index (χ4v) is 1.87. The monoisotopic (exact) mass is 257 g/mol. The minimum absolute atomic E-state index is 0.0688. The van der Waals surface area contributed by atoms with Gasteiger partial charge in [-0.25, -0.2) is 0 Å². The quantitative estimate of drug-likeness (QED) is 0.914. The number of aromatic nitrogens is 1. The predicted octanol–water partition coefficient (Wildman–Crippen LogP) is 3.26. The van der Waals surface area contributed by atoms with Gasteiger partial charge in [0.25, 0.3) is 0 Å². The fourth-order valence-electron chi connectivity index (χ4n) is 1.87. The molecule has 19 heavy (non-hydrogen) atoms. The highest BCUT2D eigenvalue weighted by Gasteiger charge is 2.16. The lowest BCUT2D eigenvalue weighted by atomic mass is 10.0. The van der Waals surface area contributed by atoms with E-state index in [2.05, 4.69) is 4.98 Å². The minimum Gasteiger partial charge on any atom is -0.491 e. The number of aryl methyl sites for hydroxylation is 1. The van der Waals surface area contributed by atoms with Crippen molar-refractivity contribution in [3.63, 3.8) is 0 Å². The average Bonchev–Trinajstić information content (AvgIpc) is 2.39. The molecule has 2 rings (SSSR count). The molecule has 1 atom stereocenters. The molecule has 0 saturated carbocycles. The van der Waals surface area contributed by atoms with Crippen LogP contribution in [-0.4, -0.2) is 16.2 Å². The zero-order valence-electron chi connectivity index (χ0n) is 11.5. The smallest absolute Gasteiger partial charge is 0.125 e. The minimum atomic E-state index is -0.768. The average molecular weight is 257 g/mol. The van der Waals surface area contributed by atoms with Gasteiger partial charge in [0.2, 0.25) is 0 Å². The molecule has 3 nitrogen and oxygen atoms in total. The van der Waals surface area contributed by atoms with Crippen LogP contribution in [0.4, 0.5) is 0 Å². The van der Waals surface area contributed by atoms with Crippen molar-refractivity contribution in [3.05, 3.63) is 59.4 Å². The molecule has 1 heterocycles. The van der Waals surface area contributed by atoms with E-state index in [0.29, 0.717) is 11.4 Å². The van der Waals surface area contributed by atoms with Crippen LogP contribution in [0, 0.1) is 6.92 Å². The van der Waals surface area contributed by atoms with E-state index in [1.165, 1.54) is 0 Å². The molecule has 1 aromatic carbocycles. The standard InChI is InChI=1S/C16H19NO2/c1-11(2)19-15-7-5-4-6-13(15)16(18)14-9-8-12(3)10-17-14/h4-11,16,18H,1-3H3. The van der Waals surface area contributed by atoms with Crippen molar-refractivity contribution < 1.29 is 9.84 Å². The Bertz CT molecular complexity index is 535. The summed E-state index contributed by atoms with van der Waals surface area (Å²) in [6.45, 7) is 5.90. The van der Waals surface area contributed by atoms with Gasteiger partial charge in [0.15, 0.2) is 0 Å². The third-order valence-corrected chi connectivity index (χ3v) is 2.79. The van der Waals surface area contributed by atoms with Gasteiger partial charge >= 0.3 is 0 Å². The van der Waals surface area contributed by atoms with Crippen molar-refractivity contribution in [2.24, 2.45) is 0 Å². The Morgan fingerprint density at radius 1 is 1.11 bits per heavy atom. The van der Waals surface area contributed by atoms with Gasteiger partial charge in [-0.2, -0.15) is 0 Å². The van der Waals surface area contributed by atoms with E-state index in [-0.39, 0.29) is 6.10 Å². The third kappa shape index (κ3) is 3.32. The van der Waals surface area contributed by atoms with Crippen molar-refractivity contribution in [2.45, 2.75) is 33.0 Å². The number of hydrogen-bond acceptors (Lipinski definition) is 3. The molecule has 0 aliphatic rings. The van der Waals surface area contributed by atoms with Crippen molar-refractivity contribution >= 4 is 0 Å². The van der Waals surface area contributed by atoms with Crippen LogP contribution in [0.1, 0.15) is 36.8 Å². The number of nitrogens with zero attached hydrogens (tertiary/aromatic N) is 1. The largest absolute Gasteiger partial charge is 0.491 e. The molecule has 0 amide bonds. The first-order chi connectivity index (χ1) is 9.08. The number of aliphatic hydroxyl groups excluding tert-OH is 1. The van der Waals surface area contributed by atoms with Crippen LogP contribution >= 0.6 is 0 Å². The number of para-hydroxylation sites is 1. The summed E-state index contributed by atoms with van der Waals surface area (Å²) in [6.07, 6.45) is 1.06. The molecular weight excluding hydrogens is 238 g/mol. The molecular formula is C16H19NO2. The van der Waals surface area contributed by atoms with Crippen LogP contribution < -0.4 is 4.74 Å². The molecule has 100 valence electrons. The Morgan fingerprint density at radius 2 is 1.84 bits per heavy atom. The number of rotatable bonds is 4. The molecule has 0 fully saturated rings. The number of hydrogen-bond donors (Lipinski definition) is 1. The lowest BCUT2D eigenvalue weighted by molar-refractivity contribution is 0.195. The first-order valence-electron chi connectivity index (χ1n) is 6.44. The lowest BCUT2D eigenvalue weighted by Gasteiger charge is -2.17. The summed E-state index contributed by atoms with van der Waals surface area (Å²) in [7, 11) is 0. The summed E-state index contributed by atoms with van der Waals surface area (Å²) in [6, 6.07) is 11.3. The van der Waals surface area contributed by atoms with Gasteiger partial charge in [-0.1, -0.05) is 24.3 Å². The van der Waals surface area contributed by atoms with Crippen molar-refractivity contribution in [3.8, 4) is 5.75 Å². The van der Waals surface area contributed by atoms with E-state index in [9.17, 15) is 5.11 Å². The highest BCUT2D eigenvalue weighted by Crippen LogP contribution is 2.29. The van der Waals surface area contributed by atoms with Crippen LogP contribution in [0.25, 0.3) is 0 Å². The van der Waals surface area contributed by atoms with Crippen LogP contribution in [0.2, 0.25) is 0 Å². The first-order valence-corrected chi connectivity index (χ1v) is 6.44. The highest BCUT2D eigenvalue weighted by atomic mass is 16.5. The summed E-state index contributed by atoms with van der Waals surface area (Å²) < 4.78 is 5.72. The summed E-state index contributed by atoms with van der Waals surface area (Å²) in [5, 5.41) is 10.4. The maximum atomic E-state index is 10.4. The van der Waals surface area contributed by atoms with Gasteiger partial charge in [0.1, 0.15) is 11.9 Å². The van der Waals surface area contributed by atoms with Gasteiger partial charge in [-0.05, 0) is 38.5 Å². The number of ether oxygens (including phenoxy) is 1. The zero-order valence-corrected chi connectivity index (χ0v) is 11.5. The van der Waals surface area contributed by atoms with Crippen molar-refractivity contribution in [1.82, 2.24) is 4.98 Å². The van der Waals surface area contributed by atoms with Gasteiger partial charge < -0.3 is 9.84 Å². The number of aliphatic hydroxyl groups is 1. The summed E-state index contributed by atoms with van der Waals surface area (Å²) >= 11 is 0. The SMILES string of the molecule is Cc1ccc(C(O)c2ccccc2OC(C)C)nc1. The Kier molecular flexibility index (Phi) is 4.17. The van der Waals surface area contributed by atoms with Crippen molar-refractivity contribution in [1.29, 1.82) is 0 Å². The molecule has 1 unspecified atom stereocenters. The summed E-state index contributed by atoms with van der Waals surface area (Å²) in [5.74, 6) is 0.701. The van der Waals surface area contributed by atoms with Crippen LogP contribution in [0.15, 0.2) is 42.6 Å². The molecule has 0 saturated heterocycles. The third-order valence-electron chi connectivity index (χ3n) is 2.79. The topological polar surface area (TPSA) is 42.4 Å². The normalized spacial score (nSPS) is 12.5. The van der Waals surface area contributed by atoms with E-state index in [1.807, 2.05) is 57.2 Å². The molecule has 0 aliphatic heterocycles. The Morgan fingerprint density at radius 3 is 2.47 bits per heavy atom. The molecule has 0 aliphatic carbocycles. The van der Waals surface area contributed by atoms with Crippen LogP contribution in [0.5, 0.6) is 5.75 Å². The second kappa shape index (κ2) is 5.85. The zero-order chi connectivity index (χ0) is 13.8. The maximum absolute atomic E-state index is 10.4. The molecule has 1 aromatic heterocycles. The van der Waals surface area contributed by atoms with E-state index in [1.54, 1.807) is 6.20 Å². The second-order valence-electron chi connectivity index (χ2n) is 4.87. The molecule has 0 bridgehead atoms. The predicted molar refractivity (Wildman–Crippen MR) is 75.2 cm³/mol. The number of benzene rings is 1. The van der Waals surface area contributed by atoms with E-state index >= 15 is 0 Å². The van der Waals surface area contributed by atoms with Crippen LogP contribution in [-0.2, 0) is 0 Å². The Balaban J connectivity index is 2.32. The van der Waals surface area contributed by atoms with Crippen molar-refractivity contribution in [2.75, 3.05) is 0 Å². The first kappa shape index (κ1) is 13.6. The van der Waals surface area contributed by atoms with E-state index < -0.39 is 6.10 Å². The molecule has 0 radical (unpaired) electrons. The highest BCUT2D eigenvalue weighted by molar-refractivity contribution is 5.39. The van der Waals surface area contributed by atoms with E-state index in [4.69, 9.17) is 4.74 Å². The summed E-state index contributed by atoms with van der Waals surface area (Å²) in [5.41, 5.74) is 2.45. The maximum Gasteiger partial charge on any atom is 0.125 e. The lowest BCUT2D eigenvalue weighted by Crippen LogP contribution is -2.10. The molecule has 0 spiro atoms. The summed E-state index contributed by atoms with van der Waals surface area (Å²) in [4.78, 5) is 4.27. The van der Waals surface area contributed by atoms with Gasteiger partial charge in [-0.15, -0.1) is 0 Å². The molecule has 3 heteroatoms. The van der Waals surface area contributed by atoms with Gasteiger partial charge in [0.05, 0.1) is 11.8 Å². The van der Waals surface area contributed by atoms with Crippen LogP contribution in [0.3, 0.4) is 0 Å². The van der Waals surface area contributed by atoms with Gasteiger partial charge in [0, 0.05) is 11.8 Å². The van der Waals surface area contributed by atoms with Gasteiger partial charge in [-0.3, -0.25) is 4.98 Å². The Hall–Kier alpha value is -1.87.